The van der Waals surface area contributed by atoms with Gasteiger partial charge in [0.15, 0.2) is 0 Å². The van der Waals surface area contributed by atoms with Crippen LogP contribution in [0.25, 0.3) is 0 Å². The predicted molar refractivity (Wildman–Crippen MR) is 144 cm³/mol. The average Bonchev–Trinajstić information content (AvgIpc) is 2.80. The van der Waals surface area contributed by atoms with Crippen LogP contribution in [0.2, 0.25) is 0 Å². The minimum absolute atomic E-state index is 0.0515. The van der Waals surface area contributed by atoms with Crippen LogP contribution in [0.5, 0.6) is 0 Å². The molecule has 0 aliphatic rings. The molecular weight excluding hydrogens is 454 g/mol. The molecule has 0 aromatic heterocycles. The molecule has 2 atom stereocenters. The first-order chi connectivity index (χ1) is 17.0. The first-order valence-electron chi connectivity index (χ1n) is 13.2. The van der Waals surface area contributed by atoms with Gasteiger partial charge in [-0.2, -0.15) is 0 Å². The molecule has 0 saturated heterocycles. The molecule has 1 rings (SSSR count). The van der Waals surface area contributed by atoms with Crippen molar-refractivity contribution in [1.29, 1.82) is 0 Å². The van der Waals surface area contributed by atoms with Crippen LogP contribution >= 0.6 is 0 Å². The minimum atomic E-state index is -0.907. The van der Waals surface area contributed by atoms with Crippen molar-refractivity contribution >= 4 is 17.9 Å². The van der Waals surface area contributed by atoms with Crippen molar-refractivity contribution in [3.8, 4) is 12.3 Å². The number of hydrogen-bond acceptors (Lipinski definition) is 4. The molecule has 7 nitrogen and oxygen atoms in total. The highest BCUT2D eigenvalue weighted by atomic mass is 16.6. The molecule has 0 fully saturated rings. The van der Waals surface area contributed by atoms with Crippen LogP contribution in [0.1, 0.15) is 104 Å². The molecule has 0 saturated carbocycles. The molecule has 7 heteroatoms. The van der Waals surface area contributed by atoms with E-state index in [2.05, 4.69) is 30.4 Å². The number of alkyl carbamates (subject to hydrolysis) is 1. The second-order valence-corrected chi connectivity index (χ2v) is 10.2. The number of amides is 3. The molecule has 1 aromatic carbocycles. The van der Waals surface area contributed by atoms with Crippen molar-refractivity contribution in [2.24, 2.45) is 0 Å². The van der Waals surface area contributed by atoms with Gasteiger partial charge in [0.2, 0.25) is 11.8 Å². The molecule has 0 heterocycles. The topological polar surface area (TPSA) is 87.7 Å². The molecule has 0 bridgehead atoms. The van der Waals surface area contributed by atoms with E-state index in [0.717, 1.165) is 44.9 Å². The fourth-order valence-electron chi connectivity index (χ4n) is 3.99. The molecule has 36 heavy (non-hydrogen) atoms. The lowest BCUT2D eigenvalue weighted by molar-refractivity contribution is -0.140. The van der Waals surface area contributed by atoms with Gasteiger partial charge in [-0.15, -0.1) is 6.42 Å². The third-order valence-corrected chi connectivity index (χ3v) is 5.69. The molecule has 0 aliphatic heterocycles. The summed E-state index contributed by atoms with van der Waals surface area (Å²) in [6.45, 7) is 11.5. The lowest BCUT2D eigenvalue weighted by Crippen LogP contribution is -2.49. The van der Waals surface area contributed by atoms with Crippen LogP contribution in [0.15, 0.2) is 24.3 Å². The largest absolute Gasteiger partial charge is 0.444 e. The van der Waals surface area contributed by atoms with Gasteiger partial charge in [0.1, 0.15) is 18.2 Å². The van der Waals surface area contributed by atoms with Crippen LogP contribution in [0.4, 0.5) is 4.79 Å². The Hall–Kier alpha value is -3.01. The predicted octanol–water partition coefficient (Wildman–Crippen LogP) is 5.34. The lowest BCUT2D eigenvalue weighted by Gasteiger charge is -2.33. The number of carbonyl (C=O) groups is 3. The van der Waals surface area contributed by atoms with E-state index in [-0.39, 0.29) is 24.4 Å². The second-order valence-electron chi connectivity index (χ2n) is 10.2. The van der Waals surface area contributed by atoms with Crippen molar-refractivity contribution in [3.05, 3.63) is 35.4 Å². The number of ether oxygens (including phenoxy) is 1. The van der Waals surface area contributed by atoms with Crippen molar-refractivity contribution in [2.75, 3.05) is 13.1 Å². The maximum Gasteiger partial charge on any atom is 0.408 e. The van der Waals surface area contributed by atoms with Crippen LogP contribution in [0.3, 0.4) is 0 Å². The van der Waals surface area contributed by atoms with E-state index in [1.165, 1.54) is 0 Å². The third kappa shape index (κ3) is 11.2. The molecule has 0 spiro atoms. The van der Waals surface area contributed by atoms with E-state index >= 15 is 0 Å². The summed E-state index contributed by atoms with van der Waals surface area (Å²) in [7, 11) is 0. The molecule has 1 aromatic rings. The highest BCUT2D eigenvalue weighted by Gasteiger charge is 2.33. The Morgan fingerprint density at radius 1 is 1.06 bits per heavy atom. The van der Waals surface area contributed by atoms with Gasteiger partial charge in [-0.3, -0.25) is 9.59 Å². The van der Waals surface area contributed by atoms with Gasteiger partial charge >= 0.3 is 6.09 Å². The summed E-state index contributed by atoms with van der Waals surface area (Å²) in [5.41, 5.74) is 0.473. The zero-order valence-corrected chi connectivity index (χ0v) is 23.0. The van der Waals surface area contributed by atoms with Gasteiger partial charge in [0, 0.05) is 18.2 Å². The van der Waals surface area contributed by atoms with Crippen molar-refractivity contribution < 1.29 is 19.1 Å². The van der Waals surface area contributed by atoms with E-state index in [1.807, 2.05) is 19.1 Å². The van der Waals surface area contributed by atoms with Gasteiger partial charge in [-0.05, 0) is 52.2 Å². The van der Waals surface area contributed by atoms with Crippen molar-refractivity contribution in [3.63, 3.8) is 0 Å². The van der Waals surface area contributed by atoms with Crippen molar-refractivity contribution in [2.45, 2.75) is 104 Å². The maximum absolute atomic E-state index is 13.6. The summed E-state index contributed by atoms with van der Waals surface area (Å²) >= 11 is 0. The van der Waals surface area contributed by atoms with Gasteiger partial charge in [0.25, 0.3) is 0 Å². The SMILES string of the molecule is C#Cc1ccccc1C(C(=O)NC(C)CCC)N(CCCCCCC)C(=O)CNC(=O)OC(C)(C)C. The number of unbranched alkanes of at least 4 members (excludes halogenated alkanes) is 4. The molecule has 0 radical (unpaired) electrons. The highest BCUT2D eigenvalue weighted by molar-refractivity contribution is 5.91. The first-order valence-corrected chi connectivity index (χ1v) is 13.2. The van der Waals surface area contributed by atoms with Crippen LogP contribution < -0.4 is 10.6 Å². The smallest absolute Gasteiger partial charge is 0.408 e. The Labute approximate surface area is 217 Å². The van der Waals surface area contributed by atoms with Gasteiger partial charge in [-0.25, -0.2) is 4.79 Å². The van der Waals surface area contributed by atoms with E-state index in [0.29, 0.717) is 17.7 Å². The fraction of sp³-hybridized carbons (Fsp3) is 0.621. The third-order valence-electron chi connectivity index (χ3n) is 5.69. The molecular formula is C29H45N3O4. The molecule has 0 aliphatic carbocycles. The summed E-state index contributed by atoms with van der Waals surface area (Å²) in [5.74, 6) is 2.01. The average molecular weight is 500 g/mol. The van der Waals surface area contributed by atoms with E-state index in [9.17, 15) is 14.4 Å². The normalized spacial score (nSPS) is 12.7. The van der Waals surface area contributed by atoms with Crippen molar-refractivity contribution in [1.82, 2.24) is 15.5 Å². The molecule has 200 valence electrons. The maximum atomic E-state index is 13.6. The van der Waals surface area contributed by atoms with Gasteiger partial charge in [-0.1, -0.05) is 70.1 Å². The van der Waals surface area contributed by atoms with Gasteiger partial charge in [0.05, 0.1) is 0 Å². The Morgan fingerprint density at radius 2 is 1.72 bits per heavy atom. The number of hydrogen-bond donors (Lipinski definition) is 2. The molecule has 2 unspecified atom stereocenters. The summed E-state index contributed by atoms with van der Waals surface area (Å²) in [5, 5.41) is 5.60. The molecule has 3 amide bonds. The monoisotopic (exact) mass is 499 g/mol. The zero-order valence-electron chi connectivity index (χ0n) is 23.0. The summed E-state index contributed by atoms with van der Waals surface area (Å²) in [6.07, 6.45) is 11.8. The Bertz CT molecular complexity index is 885. The summed E-state index contributed by atoms with van der Waals surface area (Å²) < 4.78 is 5.28. The highest BCUT2D eigenvalue weighted by Crippen LogP contribution is 2.26. The van der Waals surface area contributed by atoms with E-state index in [4.69, 9.17) is 11.2 Å². The van der Waals surface area contributed by atoms with Gasteiger partial charge < -0.3 is 20.3 Å². The van der Waals surface area contributed by atoms with Crippen LogP contribution in [-0.4, -0.2) is 47.5 Å². The summed E-state index contributed by atoms with van der Waals surface area (Å²) in [6, 6.07) is 6.24. The standard InChI is InChI=1S/C29H45N3O4/c1-8-11-12-13-16-20-32(25(33)21-30-28(35)36-29(5,6)7)26(27(34)31-22(4)17-9-2)24-19-15-14-18-23(24)10-3/h3,14-15,18-19,22,26H,8-9,11-13,16-17,20-21H2,1-2,4-7H3,(H,30,35)(H,31,34). The Morgan fingerprint density at radius 3 is 2.33 bits per heavy atom. The Balaban J connectivity index is 3.29. The van der Waals surface area contributed by atoms with E-state index < -0.39 is 17.7 Å². The Kier molecular flexibility index (Phi) is 13.7. The molecule has 2 N–H and O–H groups in total. The number of nitrogens with one attached hydrogen (secondary N) is 2. The second kappa shape index (κ2) is 15.9. The van der Waals surface area contributed by atoms with Crippen LogP contribution in [0, 0.1) is 12.3 Å². The zero-order chi connectivity index (χ0) is 27.1. The van der Waals surface area contributed by atoms with E-state index in [1.54, 1.807) is 37.8 Å². The fourth-order valence-corrected chi connectivity index (χ4v) is 3.99. The number of carbonyl (C=O) groups excluding carboxylic acids is 3. The first kappa shape index (κ1) is 31.0. The number of nitrogens with zero attached hydrogens (tertiary/aromatic N) is 1. The lowest BCUT2D eigenvalue weighted by atomic mass is 9.97. The van der Waals surface area contributed by atoms with Crippen LogP contribution in [-0.2, 0) is 14.3 Å². The summed E-state index contributed by atoms with van der Waals surface area (Å²) in [4.78, 5) is 40.9. The number of rotatable bonds is 14. The quantitative estimate of drug-likeness (QED) is 0.267. The number of terminal acetylenes is 1. The minimum Gasteiger partial charge on any atom is -0.444 e. The number of benzene rings is 1.